The molecule has 3 heterocycles. The van der Waals surface area contributed by atoms with E-state index in [1.807, 2.05) is 28.8 Å². The first kappa shape index (κ1) is 20.9. The summed E-state index contributed by atoms with van der Waals surface area (Å²) in [5.74, 6) is 0.274. The molecule has 0 aliphatic carbocycles. The van der Waals surface area contributed by atoms with E-state index in [4.69, 9.17) is 21.3 Å². The van der Waals surface area contributed by atoms with Gasteiger partial charge in [-0.1, -0.05) is 23.7 Å². The fourth-order valence-corrected chi connectivity index (χ4v) is 4.42. The number of fused-ring (bicyclic) bond motifs is 3. The standard InChI is InChI=1S/C23H24ClN5O3/c24-16-5-7-17(8-6-16)25-21(30)15-20-22(31)28(10-9-27-11-13-32-14-12-27)23-26-18-3-1-2-4-19(18)29(20)23/h1-8,20H,9-15H2,(H,25,30). The highest BCUT2D eigenvalue weighted by Crippen LogP contribution is 2.36. The van der Waals surface area contributed by atoms with E-state index in [1.165, 1.54) is 0 Å². The molecule has 32 heavy (non-hydrogen) atoms. The molecule has 5 rings (SSSR count). The van der Waals surface area contributed by atoms with Crippen LogP contribution in [-0.4, -0.2) is 65.7 Å². The summed E-state index contributed by atoms with van der Waals surface area (Å²) in [4.78, 5) is 34.9. The number of anilines is 2. The molecule has 1 atom stereocenters. The van der Waals surface area contributed by atoms with E-state index in [9.17, 15) is 9.59 Å². The fraction of sp³-hybridized carbons (Fsp3) is 0.348. The molecule has 8 nitrogen and oxygen atoms in total. The van der Waals surface area contributed by atoms with Gasteiger partial charge >= 0.3 is 0 Å². The van der Waals surface area contributed by atoms with Crippen LogP contribution in [0, 0.1) is 0 Å². The molecular weight excluding hydrogens is 430 g/mol. The summed E-state index contributed by atoms with van der Waals surface area (Å²) in [7, 11) is 0. The van der Waals surface area contributed by atoms with Crippen molar-refractivity contribution in [1.29, 1.82) is 0 Å². The molecule has 1 N–H and O–H groups in total. The number of halogens is 1. The minimum atomic E-state index is -0.630. The van der Waals surface area contributed by atoms with Gasteiger partial charge in [0.15, 0.2) is 0 Å². The fourth-order valence-electron chi connectivity index (χ4n) is 4.29. The topological polar surface area (TPSA) is 79.7 Å². The number of carbonyl (C=O) groups excluding carboxylic acids is 2. The van der Waals surface area contributed by atoms with Crippen LogP contribution < -0.4 is 10.2 Å². The number of benzene rings is 2. The third-order valence-corrected chi connectivity index (χ3v) is 6.18. The Labute approximate surface area is 190 Å². The first-order valence-corrected chi connectivity index (χ1v) is 11.1. The Morgan fingerprint density at radius 1 is 1.09 bits per heavy atom. The van der Waals surface area contributed by atoms with E-state index < -0.39 is 6.04 Å². The average Bonchev–Trinajstić information content (AvgIpc) is 3.29. The lowest BCUT2D eigenvalue weighted by Crippen LogP contribution is -2.42. The number of para-hydroxylation sites is 2. The summed E-state index contributed by atoms with van der Waals surface area (Å²) in [5, 5.41) is 3.46. The van der Waals surface area contributed by atoms with Gasteiger partial charge in [-0.05, 0) is 36.4 Å². The summed E-state index contributed by atoms with van der Waals surface area (Å²) < 4.78 is 7.32. The molecular formula is C23H24ClN5O3. The number of nitrogens with one attached hydrogen (secondary N) is 1. The van der Waals surface area contributed by atoms with Crippen molar-refractivity contribution in [3.8, 4) is 0 Å². The molecule has 0 saturated carbocycles. The van der Waals surface area contributed by atoms with Crippen LogP contribution in [0.15, 0.2) is 48.5 Å². The van der Waals surface area contributed by atoms with Gasteiger partial charge < -0.3 is 10.1 Å². The van der Waals surface area contributed by atoms with Crippen LogP contribution in [0.1, 0.15) is 12.5 Å². The van der Waals surface area contributed by atoms with Crippen LogP contribution in [0.4, 0.5) is 11.6 Å². The smallest absolute Gasteiger partial charge is 0.253 e. The van der Waals surface area contributed by atoms with Crippen molar-refractivity contribution in [1.82, 2.24) is 14.5 Å². The summed E-state index contributed by atoms with van der Waals surface area (Å²) in [6.07, 6.45) is 0.0306. The second kappa shape index (κ2) is 8.90. The lowest BCUT2D eigenvalue weighted by atomic mass is 10.1. The number of ether oxygens (including phenoxy) is 1. The van der Waals surface area contributed by atoms with Crippen LogP contribution in [-0.2, 0) is 14.3 Å². The molecule has 1 saturated heterocycles. The largest absolute Gasteiger partial charge is 0.379 e. The van der Waals surface area contributed by atoms with Gasteiger partial charge in [-0.2, -0.15) is 0 Å². The summed E-state index contributed by atoms with van der Waals surface area (Å²) in [6.45, 7) is 4.39. The monoisotopic (exact) mass is 453 g/mol. The average molecular weight is 454 g/mol. The highest BCUT2D eigenvalue weighted by atomic mass is 35.5. The number of morpholine rings is 1. The molecule has 3 aromatic rings. The third-order valence-electron chi connectivity index (χ3n) is 5.93. The number of imidazole rings is 1. The minimum absolute atomic E-state index is 0.0306. The lowest BCUT2D eigenvalue weighted by Gasteiger charge is -2.28. The Morgan fingerprint density at radius 2 is 1.84 bits per heavy atom. The summed E-state index contributed by atoms with van der Waals surface area (Å²) in [6, 6.07) is 14.0. The second-order valence-corrected chi connectivity index (χ2v) is 8.43. The zero-order valence-electron chi connectivity index (χ0n) is 17.5. The van der Waals surface area contributed by atoms with Crippen LogP contribution in [0.5, 0.6) is 0 Å². The number of nitrogens with zero attached hydrogens (tertiary/aromatic N) is 4. The van der Waals surface area contributed by atoms with Gasteiger partial charge in [0, 0.05) is 36.9 Å². The number of aromatic nitrogens is 2. The minimum Gasteiger partial charge on any atom is -0.379 e. The van der Waals surface area contributed by atoms with Gasteiger partial charge in [0.05, 0.1) is 30.7 Å². The van der Waals surface area contributed by atoms with Crippen molar-refractivity contribution in [2.75, 3.05) is 49.6 Å². The Morgan fingerprint density at radius 3 is 2.62 bits per heavy atom. The normalized spacial score (nSPS) is 18.8. The van der Waals surface area contributed by atoms with E-state index in [2.05, 4.69) is 10.2 Å². The maximum absolute atomic E-state index is 13.4. The molecule has 166 valence electrons. The molecule has 2 aliphatic rings. The lowest BCUT2D eigenvalue weighted by molar-refractivity contribution is -0.124. The first-order valence-electron chi connectivity index (χ1n) is 10.7. The van der Waals surface area contributed by atoms with E-state index in [1.54, 1.807) is 29.2 Å². The molecule has 2 aromatic carbocycles. The number of hydrogen-bond donors (Lipinski definition) is 1. The van der Waals surface area contributed by atoms with Crippen LogP contribution in [0.25, 0.3) is 11.0 Å². The zero-order chi connectivity index (χ0) is 22.1. The quantitative estimate of drug-likeness (QED) is 0.620. The Hall–Kier alpha value is -2.94. The number of amides is 2. The molecule has 1 aromatic heterocycles. The van der Waals surface area contributed by atoms with E-state index in [0.29, 0.717) is 36.4 Å². The van der Waals surface area contributed by atoms with Gasteiger partial charge in [-0.25, -0.2) is 4.98 Å². The summed E-state index contributed by atoms with van der Waals surface area (Å²) in [5.41, 5.74) is 2.31. The predicted molar refractivity (Wildman–Crippen MR) is 123 cm³/mol. The van der Waals surface area contributed by atoms with Gasteiger partial charge in [-0.3, -0.25) is 24.0 Å². The highest BCUT2D eigenvalue weighted by Gasteiger charge is 2.40. The molecule has 1 unspecified atom stereocenters. The maximum Gasteiger partial charge on any atom is 0.253 e. The van der Waals surface area contributed by atoms with E-state index in [-0.39, 0.29) is 18.2 Å². The van der Waals surface area contributed by atoms with Crippen molar-refractivity contribution in [2.45, 2.75) is 12.5 Å². The number of hydrogen-bond acceptors (Lipinski definition) is 5. The van der Waals surface area contributed by atoms with Crippen LogP contribution in [0.2, 0.25) is 5.02 Å². The van der Waals surface area contributed by atoms with Gasteiger partial charge in [0.25, 0.3) is 5.91 Å². The Kier molecular flexibility index (Phi) is 5.82. The molecule has 0 radical (unpaired) electrons. The molecule has 9 heteroatoms. The van der Waals surface area contributed by atoms with Crippen molar-refractivity contribution < 1.29 is 14.3 Å². The third kappa shape index (κ3) is 4.09. The van der Waals surface area contributed by atoms with Crippen LogP contribution >= 0.6 is 11.6 Å². The van der Waals surface area contributed by atoms with E-state index in [0.717, 1.165) is 30.7 Å². The zero-order valence-corrected chi connectivity index (χ0v) is 18.3. The van der Waals surface area contributed by atoms with Crippen molar-refractivity contribution in [3.63, 3.8) is 0 Å². The molecule has 2 amide bonds. The van der Waals surface area contributed by atoms with Crippen molar-refractivity contribution in [2.24, 2.45) is 0 Å². The Balaban J connectivity index is 1.38. The Bertz CT molecular complexity index is 1140. The van der Waals surface area contributed by atoms with Crippen molar-refractivity contribution in [3.05, 3.63) is 53.6 Å². The van der Waals surface area contributed by atoms with Crippen LogP contribution in [0.3, 0.4) is 0 Å². The second-order valence-electron chi connectivity index (χ2n) is 7.99. The molecule has 0 spiro atoms. The van der Waals surface area contributed by atoms with E-state index >= 15 is 0 Å². The number of carbonyl (C=O) groups is 2. The SMILES string of the molecule is O=C(CC1C(=O)N(CCN2CCOCC2)c2nc3ccccc3n21)Nc1ccc(Cl)cc1. The highest BCUT2D eigenvalue weighted by molar-refractivity contribution is 6.30. The van der Waals surface area contributed by atoms with Gasteiger partial charge in [-0.15, -0.1) is 0 Å². The van der Waals surface area contributed by atoms with Crippen molar-refractivity contribution >= 4 is 46.1 Å². The van der Waals surface area contributed by atoms with Gasteiger partial charge in [0.1, 0.15) is 6.04 Å². The number of rotatable bonds is 6. The molecule has 0 bridgehead atoms. The predicted octanol–water partition coefficient (Wildman–Crippen LogP) is 2.94. The maximum atomic E-state index is 13.4. The van der Waals surface area contributed by atoms with Gasteiger partial charge in [0.2, 0.25) is 11.9 Å². The summed E-state index contributed by atoms with van der Waals surface area (Å²) >= 11 is 5.92. The molecule has 2 aliphatic heterocycles. The molecule has 1 fully saturated rings. The first-order chi connectivity index (χ1) is 15.6.